The van der Waals surface area contributed by atoms with Gasteiger partial charge in [0, 0.05) is 24.7 Å². The Morgan fingerprint density at radius 2 is 2.05 bits per heavy atom. The summed E-state index contributed by atoms with van der Waals surface area (Å²) >= 11 is 0. The van der Waals surface area contributed by atoms with E-state index in [1.807, 2.05) is 0 Å². The largest absolute Gasteiger partial charge is 0.395 e. The van der Waals surface area contributed by atoms with Crippen LogP contribution in [-0.4, -0.2) is 72.9 Å². The Morgan fingerprint density at radius 3 is 2.75 bits per heavy atom. The topological polar surface area (TPSA) is 38.7 Å². The van der Waals surface area contributed by atoms with E-state index in [4.69, 9.17) is 0 Å². The maximum Gasteiger partial charge on any atom is 0.0585 e. The van der Waals surface area contributed by atoms with Crippen molar-refractivity contribution in [1.29, 1.82) is 0 Å². The molecule has 2 saturated heterocycles. The van der Waals surface area contributed by atoms with Gasteiger partial charge < -0.3 is 20.2 Å². The fraction of sp³-hybridized carbons (Fsp3) is 1.00. The number of aliphatic hydroxyl groups excluding tert-OH is 1. The molecule has 0 aromatic heterocycles. The predicted octanol–water partition coefficient (Wildman–Crippen LogP) is 1.15. The molecule has 0 radical (unpaired) electrons. The van der Waals surface area contributed by atoms with Crippen LogP contribution in [0.3, 0.4) is 0 Å². The second-order valence-electron chi connectivity index (χ2n) is 7.03. The Labute approximate surface area is 124 Å². The zero-order valence-electron chi connectivity index (χ0n) is 13.5. The van der Waals surface area contributed by atoms with Gasteiger partial charge in [-0.1, -0.05) is 13.8 Å². The zero-order chi connectivity index (χ0) is 14.5. The van der Waals surface area contributed by atoms with Crippen molar-refractivity contribution in [3.05, 3.63) is 0 Å². The third kappa shape index (κ3) is 4.42. The first kappa shape index (κ1) is 16.2. The van der Waals surface area contributed by atoms with Crippen molar-refractivity contribution in [1.82, 2.24) is 15.1 Å². The lowest BCUT2D eigenvalue weighted by molar-refractivity contribution is 0.0361. The monoisotopic (exact) mass is 283 g/mol. The molecule has 3 unspecified atom stereocenters. The van der Waals surface area contributed by atoms with Crippen LogP contribution < -0.4 is 5.32 Å². The molecule has 0 aromatic carbocycles. The van der Waals surface area contributed by atoms with Crippen LogP contribution in [0.4, 0.5) is 0 Å². The lowest BCUT2D eigenvalue weighted by Gasteiger charge is -2.46. The Bertz CT molecular complexity index is 285. The predicted molar refractivity (Wildman–Crippen MR) is 84.0 cm³/mol. The molecule has 3 atom stereocenters. The summed E-state index contributed by atoms with van der Waals surface area (Å²) in [6, 6.07) is 1.52. The van der Waals surface area contributed by atoms with Gasteiger partial charge in [-0.05, 0) is 58.3 Å². The molecule has 0 amide bonds. The van der Waals surface area contributed by atoms with Gasteiger partial charge in [0.2, 0.25) is 0 Å². The van der Waals surface area contributed by atoms with Crippen molar-refractivity contribution in [3.8, 4) is 0 Å². The Morgan fingerprint density at radius 1 is 1.25 bits per heavy atom. The summed E-state index contributed by atoms with van der Waals surface area (Å²) in [5.74, 6) is 0.869. The number of rotatable bonds is 6. The summed E-state index contributed by atoms with van der Waals surface area (Å²) in [6.45, 7) is 9.43. The van der Waals surface area contributed by atoms with Crippen LogP contribution in [0, 0.1) is 5.92 Å². The number of aliphatic hydroxyl groups is 1. The molecular weight excluding hydrogens is 250 g/mol. The molecule has 0 bridgehead atoms. The van der Waals surface area contributed by atoms with E-state index < -0.39 is 0 Å². The zero-order valence-corrected chi connectivity index (χ0v) is 13.5. The average Bonchev–Trinajstić information content (AvgIpc) is 2.43. The van der Waals surface area contributed by atoms with Gasteiger partial charge in [-0.15, -0.1) is 0 Å². The maximum atomic E-state index is 9.44. The third-order valence-electron chi connectivity index (χ3n) is 5.01. The molecule has 0 spiro atoms. The number of piperidine rings is 2. The number of nitrogens with one attached hydrogen (secondary N) is 1. The highest BCUT2D eigenvalue weighted by molar-refractivity contribution is 4.89. The number of nitrogens with zero attached hydrogens (tertiary/aromatic N) is 2. The van der Waals surface area contributed by atoms with E-state index >= 15 is 0 Å². The Balaban J connectivity index is 1.74. The summed E-state index contributed by atoms with van der Waals surface area (Å²) in [5.41, 5.74) is 0. The van der Waals surface area contributed by atoms with Crippen molar-refractivity contribution >= 4 is 0 Å². The van der Waals surface area contributed by atoms with E-state index in [1.54, 1.807) is 0 Å². The third-order valence-corrected chi connectivity index (χ3v) is 5.01. The highest BCUT2D eigenvalue weighted by atomic mass is 16.3. The molecule has 2 rings (SSSR count). The van der Waals surface area contributed by atoms with Gasteiger partial charge in [0.05, 0.1) is 6.61 Å². The van der Waals surface area contributed by atoms with Crippen LogP contribution in [0.2, 0.25) is 0 Å². The number of hydrogen-bond acceptors (Lipinski definition) is 4. The number of fused-ring (bicyclic) bond motifs is 1. The molecule has 2 aliphatic rings. The molecular formula is C16H33N3O. The normalized spacial score (nSPS) is 30.4. The van der Waals surface area contributed by atoms with Gasteiger partial charge in [0.25, 0.3) is 0 Å². The van der Waals surface area contributed by atoms with Crippen molar-refractivity contribution in [2.45, 2.75) is 57.7 Å². The quantitative estimate of drug-likeness (QED) is 0.767. The average molecular weight is 283 g/mol. The van der Waals surface area contributed by atoms with Crippen LogP contribution in [-0.2, 0) is 0 Å². The van der Waals surface area contributed by atoms with Gasteiger partial charge in [0.1, 0.15) is 0 Å². The van der Waals surface area contributed by atoms with Crippen molar-refractivity contribution in [2.24, 2.45) is 5.92 Å². The Kier molecular flexibility index (Phi) is 6.27. The van der Waals surface area contributed by atoms with Crippen molar-refractivity contribution in [3.63, 3.8) is 0 Å². The minimum absolute atomic E-state index is 0.251. The Hall–Kier alpha value is -0.160. The minimum atomic E-state index is 0.251. The second-order valence-corrected chi connectivity index (χ2v) is 7.03. The summed E-state index contributed by atoms with van der Waals surface area (Å²) in [4.78, 5) is 5.19. The first-order valence-electron chi connectivity index (χ1n) is 8.39. The van der Waals surface area contributed by atoms with Gasteiger partial charge in [-0.25, -0.2) is 0 Å². The van der Waals surface area contributed by atoms with Gasteiger partial charge >= 0.3 is 0 Å². The van der Waals surface area contributed by atoms with Crippen molar-refractivity contribution < 1.29 is 5.11 Å². The molecule has 4 nitrogen and oxygen atoms in total. The number of likely N-dealkylation sites (tertiary alicyclic amines) is 2. The maximum absolute atomic E-state index is 9.44. The van der Waals surface area contributed by atoms with E-state index in [2.05, 4.69) is 36.0 Å². The molecule has 2 aliphatic heterocycles. The fourth-order valence-corrected chi connectivity index (χ4v) is 3.97. The van der Waals surface area contributed by atoms with Crippen LogP contribution >= 0.6 is 0 Å². The lowest BCUT2D eigenvalue weighted by atomic mass is 9.84. The van der Waals surface area contributed by atoms with Crippen LogP contribution in [0.1, 0.15) is 39.5 Å². The first-order valence-corrected chi connectivity index (χ1v) is 8.39. The molecule has 0 saturated carbocycles. The van der Waals surface area contributed by atoms with E-state index in [1.165, 1.54) is 38.9 Å². The smallest absolute Gasteiger partial charge is 0.0585 e. The molecule has 2 heterocycles. The highest BCUT2D eigenvalue weighted by Gasteiger charge is 2.34. The first-order chi connectivity index (χ1) is 9.60. The summed E-state index contributed by atoms with van der Waals surface area (Å²) in [5, 5.41) is 12.9. The SMILES string of the molecule is CC(C)NC(CO)CCN1CCC2C(CCCN2C)C1. The molecule has 0 aliphatic carbocycles. The number of hydrogen-bond donors (Lipinski definition) is 2. The second kappa shape index (κ2) is 7.74. The van der Waals surface area contributed by atoms with Crippen LogP contribution in [0.5, 0.6) is 0 Å². The van der Waals surface area contributed by atoms with Gasteiger partial charge in [0.15, 0.2) is 0 Å². The molecule has 20 heavy (non-hydrogen) atoms. The molecule has 0 aromatic rings. The molecule has 118 valence electrons. The van der Waals surface area contributed by atoms with Gasteiger partial charge in [-0.3, -0.25) is 0 Å². The lowest BCUT2D eigenvalue weighted by Crippen LogP contribution is -2.53. The summed E-state index contributed by atoms with van der Waals surface area (Å²) in [7, 11) is 2.29. The van der Waals surface area contributed by atoms with Crippen molar-refractivity contribution in [2.75, 3.05) is 39.8 Å². The molecule has 4 heteroatoms. The molecule has 2 N–H and O–H groups in total. The minimum Gasteiger partial charge on any atom is -0.395 e. The highest BCUT2D eigenvalue weighted by Crippen LogP contribution is 2.29. The summed E-state index contributed by atoms with van der Waals surface area (Å²) in [6.07, 6.45) is 5.14. The standard InChI is InChI=1S/C16H33N3O/c1-13(2)17-15(12-20)6-9-19-10-7-16-14(11-19)5-4-8-18(16)3/h13-17,20H,4-12H2,1-3H3. The molecule has 2 fully saturated rings. The van der Waals surface area contributed by atoms with Crippen LogP contribution in [0.15, 0.2) is 0 Å². The van der Waals surface area contributed by atoms with E-state index in [-0.39, 0.29) is 12.6 Å². The van der Waals surface area contributed by atoms with E-state index in [0.29, 0.717) is 6.04 Å². The summed E-state index contributed by atoms with van der Waals surface area (Å²) < 4.78 is 0. The van der Waals surface area contributed by atoms with E-state index in [9.17, 15) is 5.11 Å². The van der Waals surface area contributed by atoms with Gasteiger partial charge in [-0.2, -0.15) is 0 Å². The van der Waals surface area contributed by atoms with Crippen LogP contribution in [0.25, 0.3) is 0 Å². The van der Waals surface area contributed by atoms with E-state index in [0.717, 1.165) is 24.9 Å². The fourth-order valence-electron chi connectivity index (χ4n) is 3.97.